The van der Waals surface area contributed by atoms with Gasteiger partial charge in [0, 0.05) is 24.5 Å². The van der Waals surface area contributed by atoms with E-state index in [4.69, 9.17) is 4.74 Å². The summed E-state index contributed by atoms with van der Waals surface area (Å²) in [6.07, 6.45) is 1.37. The Balaban J connectivity index is 2.34. The molecule has 4 nitrogen and oxygen atoms in total. The molecule has 1 rings (SSSR count). The molecule has 0 fully saturated rings. The lowest BCUT2D eigenvalue weighted by atomic mass is 10.1. The summed E-state index contributed by atoms with van der Waals surface area (Å²) in [7, 11) is 1.69. The van der Waals surface area contributed by atoms with E-state index in [1.54, 1.807) is 7.11 Å². The van der Waals surface area contributed by atoms with E-state index in [1.165, 1.54) is 5.56 Å². The molecule has 0 heterocycles. The number of carbonyl (C=O) groups excluding carboxylic acids is 1. The van der Waals surface area contributed by atoms with Gasteiger partial charge in [0.1, 0.15) is 5.75 Å². The highest BCUT2D eigenvalue weighted by molar-refractivity contribution is 5.76. The Morgan fingerprint density at radius 1 is 1.29 bits per heavy atom. The highest BCUT2D eigenvalue weighted by Gasteiger charge is 2.13. The predicted octanol–water partition coefficient (Wildman–Crippen LogP) is 2.52. The van der Waals surface area contributed by atoms with Crippen LogP contribution in [0.25, 0.3) is 0 Å². The number of methoxy groups -OCH3 is 1. The molecule has 1 atom stereocenters. The van der Waals surface area contributed by atoms with Gasteiger partial charge in [0.2, 0.25) is 5.91 Å². The zero-order valence-electron chi connectivity index (χ0n) is 13.8. The van der Waals surface area contributed by atoms with Gasteiger partial charge in [-0.05, 0) is 45.7 Å². The lowest BCUT2D eigenvalue weighted by Crippen LogP contribution is -2.42. The second-order valence-electron chi connectivity index (χ2n) is 6.42. The number of hydrogen-bond donors (Lipinski definition) is 2. The van der Waals surface area contributed by atoms with Gasteiger partial charge >= 0.3 is 0 Å². The molecule has 0 aliphatic heterocycles. The van der Waals surface area contributed by atoms with Gasteiger partial charge in [0.15, 0.2) is 0 Å². The summed E-state index contributed by atoms with van der Waals surface area (Å²) >= 11 is 0. The van der Waals surface area contributed by atoms with E-state index in [-0.39, 0.29) is 11.4 Å². The number of amides is 1. The Kier molecular flexibility index (Phi) is 6.69. The third kappa shape index (κ3) is 7.14. The van der Waals surface area contributed by atoms with Crippen LogP contribution in [-0.2, 0) is 11.2 Å². The van der Waals surface area contributed by atoms with E-state index in [2.05, 4.69) is 23.6 Å². The van der Waals surface area contributed by atoms with Crippen molar-refractivity contribution >= 4 is 5.91 Å². The van der Waals surface area contributed by atoms with Crippen LogP contribution in [0.5, 0.6) is 5.75 Å². The number of nitrogens with one attached hydrogen (secondary N) is 2. The molecule has 4 heteroatoms. The standard InChI is InChI=1S/C17H28N2O2/c1-13(12-14-8-6-7-9-15(14)21-5)18-11-10-16(20)19-17(2,3)4/h6-9,13,18H,10-12H2,1-5H3,(H,19,20). The van der Waals surface area contributed by atoms with Crippen LogP contribution in [-0.4, -0.2) is 31.1 Å². The Hall–Kier alpha value is -1.55. The van der Waals surface area contributed by atoms with Gasteiger partial charge < -0.3 is 15.4 Å². The molecule has 1 amide bonds. The van der Waals surface area contributed by atoms with Crippen molar-refractivity contribution in [2.75, 3.05) is 13.7 Å². The number of rotatable bonds is 7. The molecule has 0 aliphatic carbocycles. The predicted molar refractivity (Wildman–Crippen MR) is 86.7 cm³/mol. The number of ether oxygens (including phenoxy) is 1. The van der Waals surface area contributed by atoms with Crippen molar-refractivity contribution in [1.29, 1.82) is 0 Å². The van der Waals surface area contributed by atoms with Gasteiger partial charge in [-0.2, -0.15) is 0 Å². The Morgan fingerprint density at radius 3 is 2.57 bits per heavy atom. The molecular weight excluding hydrogens is 264 g/mol. The van der Waals surface area contributed by atoms with Crippen molar-refractivity contribution in [3.05, 3.63) is 29.8 Å². The fourth-order valence-corrected chi connectivity index (χ4v) is 2.19. The first-order chi connectivity index (χ1) is 9.81. The third-order valence-electron chi connectivity index (χ3n) is 3.08. The van der Waals surface area contributed by atoms with Crippen molar-refractivity contribution in [3.63, 3.8) is 0 Å². The summed E-state index contributed by atoms with van der Waals surface area (Å²) in [5.41, 5.74) is 1.01. The molecule has 1 unspecified atom stereocenters. The number of benzene rings is 1. The molecule has 1 aromatic rings. The van der Waals surface area contributed by atoms with Crippen molar-refractivity contribution in [3.8, 4) is 5.75 Å². The molecular formula is C17H28N2O2. The minimum absolute atomic E-state index is 0.0829. The maximum absolute atomic E-state index is 11.7. The van der Waals surface area contributed by atoms with E-state index >= 15 is 0 Å². The quantitative estimate of drug-likeness (QED) is 0.812. The van der Waals surface area contributed by atoms with E-state index in [9.17, 15) is 4.79 Å². The second kappa shape index (κ2) is 8.03. The Labute approximate surface area is 128 Å². The van der Waals surface area contributed by atoms with Crippen molar-refractivity contribution in [1.82, 2.24) is 10.6 Å². The van der Waals surface area contributed by atoms with Gasteiger partial charge in [0.05, 0.1) is 7.11 Å². The first-order valence-electron chi connectivity index (χ1n) is 7.48. The van der Waals surface area contributed by atoms with Crippen LogP contribution in [0.2, 0.25) is 0 Å². The van der Waals surface area contributed by atoms with Crippen LogP contribution in [0.4, 0.5) is 0 Å². The summed E-state index contributed by atoms with van der Waals surface area (Å²) in [6.45, 7) is 8.76. The lowest BCUT2D eigenvalue weighted by Gasteiger charge is -2.21. The zero-order valence-corrected chi connectivity index (χ0v) is 13.8. The minimum atomic E-state index is -0.167. The lowest BCUT2D eigenvalue weighted by molar-refractivity contribution is -0.122. The van der Waals surface area contributed by atoms with Crippen LogP contribution in [0, 0.1) is 0 Å². The Morgan fingerprint density at radius 2 is 1.95 bits per heavy atom. The summed E-state index contributed by atoms with van der Waals surface area (Å²) in [6, 6.07) is 8.32. The van der Waals surface area contributed by atoms with Crippen LogP contribution in [0.15, 0.2) is 24.3 Å². The van der Waals surface area contributed by atoms with Crippen molar-refractivity contribution < 1.29 is 9.53 Å². The normalized spacial score (nSPS) is 12.8. The molecule has 0 saturated heterocycles. The topological polar surface area (TPSA) is 50.4 Å². The van der Waals surface area contributed by atoms with E-state index in [0.717, 1.165) is 12.2 Å². The molecule has 2 N–H and O–H groups in total. The molecule has 21 heavy (non-hydrogen) atoms. The molecule has 0 aromatic heterocycles. The molecule has 118 valence electrons. The second-order valence-corrected chi connectivity index (χ2v) is 6.42. The fourth-order valence-electron chi connectivity index (χ4n) is 2.19. The molecule has 0 spiro atoms. The highest BCUT2D eigenvalue weighted by atomic mass is 16.5. The van der Waals surface area contributed by atoms with Gasteiger partial charge in [-0.1, -0.05) is 18.2 Å². The average molecular weight is 292 g/mol. The number of carbonyl (C=O) groups is 1. The van der Waals surface area contributed by atoms with E-state index in [1.807, 2.05) is 39.0 Å². The third-order valence-corrected chi connectivity index (χ3v) is 3.08. The van der Waals surface area contributed by atoms with Crippen LogP contribution >= 0.6 is 0 Å². The van der Waals surface area contributed by atoms with E-state index < -0.39 is 0 Å². The average Bonchev–Trinajstić information content (AvgIpc) is 2.37. The molecule has 0 saturated carbocycles. The van der Waals surface area contributed by atoms with Crippen LogP contribution in [0.1, 0.15) is 39.7 Å². The van der Waals surface area contributed by atoms with Crippen LogP contribution in [0.3, 0.4) is 0 Å². The van der Waals surface area contributed by atoms with Gasteiger partial charge in [0.25, 0.3) is 0 Å². The number of hydrogen-bond acceptors (Lipinski definition) is 3. The first kappa shape index (κ1) is 17.5. The molecule has 0 bridgehead atoms. The maximum atomic E-state index is 11.7. The monoisotopic (exact) mass is 292 g/mol. The smallest absolute Gasteiger partial charge is 0.221 e. The summed E-state index contributed by atoms with van der Waals surface area (Å²) in [5, 5.41) is 6.34. The molecule has 0 radical (unpaired) electrons. The van der Waals surface area contributed by atoms with Gasteiger partial charge in [-0.3, -0.25) is 4.79 Å². The van der Waals surface area contributed by atoms with E-state index in [0.29, 0.717) is 19.0 Å². The zero-order chi connectivity index (χ0) is 15.9. The minimum Gasteiger partial charge on any atom is -0.496 e. The van der Waals surface area contributed by atoms with Crippen LogP contribution < -0.4 is 15.4 Å². The highest BCUT2D eigenvalue weighted by Crippen LogP contribution is 2.18. The summed E-state index contributed by atoms with van der Waals surface area (Å²) < 4.78 is 5.35. The van der Waals surface area contributed by atoms with Crippen molar-refractivity contribution in [2.45, 2.75) is 52.1 Å². The first-order valence-corrected chi connectivity index (χ1v) is 7.48. The van der Waals surface area contributed by atoms with Gasteiger partial charge in [-0.25, -0.2) is 0 Å². The Bertz CT molecular complexity index is 452. The maximum Gasteiger partial charge on any atom is 0.221 e. The largest absolute Gasteiger partial charge is 0.496 e. The number of para-hydroxylation sites is 1. The fraction of sp³-hybridized carbons (Fsp3) is 0.588. The summed E-state index contributed by atoms with van der Waals surface area (Å²) in [5.74, 6) is 0.996. The summed E-state index contributed by atoms with van der Waals surface area (Å²) in [4.78, 5) is 11.7. The van der Waals surface area contributed by atoms with Crippen molar-refractivity contribution in [2.24, 2.45) is 0 Å². The molecule has 1 aromatic carbocycles. The molecule has 0 aliphatic rings. The van der Waals surface area contributed by atoms with Gasteiger partial charge in [-0.15, -0.1) is 0 Å². The SMILES string of the molecule is COc1ccccc1CC(C)NCCC(=O)NC(C)(C)C.